The van der Waals surface area contributed by atoms with E-state index < -0.39 is 17.4 Å². The van der Waals surface area contributed by atoms with Crippen LogP contribution in [-0.2, 0) is 0 Å². The Morgan fingerprint density at radius 1 is 0.900 bits per heavy atom. The molecule has 1 heterocycles. The summed E-state index contributed by atoms with van der Waals surface area (Å²) in [6.07, 6.45) is 0. The summed E-state index contributed by atoms with van der Waals surface area (Å²) in [4.78, 5) is 24.1. The average molecular weight is 284 g/mol. The number of fused-ring (bicyclic) bond motifs is 5. The normalized spacial score (nSPS) is 17.1. The molecule has 0 amide bonds. The van der Waals surface area contributed by atoms with Crippen LogP contribution in [0.1, 0.15) is 20.7 Å². The maximum atomic E-state index is 12.2. The van der Waals surface area contributed by atoms with Crippen molar-refractivity contribution >= 4 is 43.1 Å². The Morgan fingerprint density at radius 3 is 2.45 bits per heavy atom. The fraction of sp³-hybridized carbons (Fsp3) is 0.0667. The highest BCUT2D eigenvalue weighted by Gasteiger charge is 2.51. The summed E-state index contributed by atoms with van der Waals surface area (Å²) in [6, 6.07) is 10.8. The van der Waals surface area contributed by atoms with Gasteiger partial charge in [-0.2, -0.15) is 0 Å². The van der Waals surface area contributed by atoms with Gasteiger partial charge in [0.05, 0.1) is 0 Å². The van der Waals surface area contributed by atoms with Crippen LogP contribution >= 0.6 is 11.3 Å². The Morgan fingerprint density at radius 2 is 1.65 bits per heavy atom. The molecule has 0 spiro atoms. The van der Waals surface area contributed by atoms with E-state index in [1.54, 1.807) is 6.07 Å². The molecule has 0 saturated carbocycles. The minimum Gasteiger partial charge on any atom is -0.353 e. The van der Waals surface area contributed by atoms with Crippen molar-refractivity contribution in [2.24, 2.45) is 0 Å². The van der Waals surface area contributed by atoms with Crippen molar-refractivity contribution in [3.63, 3.8) is 0 Å². The van der Waals surface area contributed by atoms with Crippen molar-refractivity contribution in [1.82, 2.24) is 0 Å². The van der Waals surface area contributed by atoms with E-state index in [4.69, 9.17) is 0 Å². The number of rotatable bonds is 0. The Labute approximate surface area is 116 Å². The van der Waals surface area contributed by atoms with Crippen LogP contribution in [0.4, 0.5) is 0 Å². The molecule has 0 fully saturated rings. The second-order valence-electron chi connectivity index (χ2n) is 4.79. The van der Waals surface area contributed by atoms with E-state index in [-0.39, 0.29) is 11.1 Å². The van der Waals surface area contributed by atoms with E-state index in [9.17, 15) is 19.8 Å². The van der Waals surface area contributed by atoms with Crippen molar-refractivity contribution in [3.8, 4) is 0 Å². The second-order valence-corrected chi connectivity index (χ2v) is 5.87. The number of ketones is 2. The van der Waals surface area contributed by atoms with Gasteiger partial charge in [0.25, 0.3) is 5.79 Å². The van der Waals surface area contributed by atoms with Gasteiger partial charge in [-0.3, -0.25) is 9.59 Å². The summed E-state index contributed by atoms with van der Waals surface area (Å²) in [5.74, 6) is -4.82. The molecule has 20 heavy (non-hydrogen) atoms. The number of hydrogen-bond donors (Lipinski definition) is 2. The number of carbonyl (C=O) groups is 2. The number of carbonyl (C=O) groups excluding carboxylic acids is 2. The lowest BCUT2D eigenvalue weighted by Gasteiger charge is -2.08. The molecule has 3 aromatic rings. The highest BCUT2D eigenvalue weighted by molar-refractivity contribution is 7.25. The molecule has 98 valence electrons. The van der Waals surface area contributed by atoms with Gasteiger partial charge >= 0.3 is 0 Å². The third-order valence-electron chi connectivity index (χ3n) is 3.65. The molecule has 0 unspecified atom stereocenters. The first-order valence-electron chi connectivity index (χ1n) is 6.00. The van der Waals surface area contributed by atoms with Crippen LogP contribution < -0.4 is 0 Å². The van der Waals surface area contributed by atoms with Crippen LogP contribution in [0.5, 0.6) is 0 Å². The quantitative estimate of drug-likeness (QED) is 0.490. The molecule has 0 bridgehead atoms. The molecule has 5 heteroatoms. The van der Waals surface area contributed by atoms with E-state index in [2.05, 4.69) is 0 Å². The minimum atomic E-state index is -2.93. The third kappa shape index (κ3) is 1.22. The molecule has 0 radical (unpaired) electrons. The number of thiophene rings is 1. The van der Waals surface area contributed by atoms with Gasteiger partial charge in [-0.25, -0.2) is 0 Å². The highest BCUT2D eigenvalue weighted by Crippen LogP contribution is 2.41. The summed E-state index contributed by atoms with van der Waals surface area (Å²) >= 11 is 1.50. The SMILES string of the molecule is O=C1c2ccc3sc4ccccc4c3c2C(=O)C1(O)O. The van der Waals surface area contributed by atoms with Crippen LogP contribution in [0, 0.1) is 0 Å². The molecule has 2 N–H and O–H groups in total. The summed E-state index contributed by atoms with van der Waals surface area (Å²) in [6.45, 7) is 0. The van der Waals surface area contributed by atoms with Crippen molar-refractivity contribution in [2.75, 3.05) is 0 Å². The van der Waals surface area contributed by atoms with Gasteiger partial charge in [0.15, 0.2) is 0 Å². The maximum Gasteiger partial charge on any atom is 0.295 e. The molecule has 0 saturated heterocycles. The zero-order valence-corrected chi connectivity index (χ0v) is 10.9. The van der Waals surface area contributed by atoms with Crippen LogP contribution in [0.15, 0.2) is 36.4 Å². The fourth-order valence-electron chi connectivity index (χ4n) is 2.71. The highest BCUT2D eigenvalue weighted by atomic mass is 32.1. The number of hydrogen-bond acceptors (Lipinski definition) is 5. The van der Waals surface area contributed by atoms with Crippen molar-refractivity contribution < 1.29 is 19.8 Å². The van der Waals surface area contributed by atoms with Gasteiger partial charge in [-0.1, -0.05) is 18.2 Å². The van der Waals surface area contributed by atoms with Crippen LogP contribution in [0.25, 0.3) is 20.2 Å². The zero-order chi connectivity index (χ0) is 14.1. The topological polar surface area (TPSA) is 74.6 Å². The van der Waals surface area contributed by atoms with Gasteiger partial charge in [0.2, 0.25) is 11.6 Å². The van der Waals surface area contributed by atoms with E-state index in [0.717, 1.165) is 14.8 Å². The standard InChI is InChI=1S/C15H8O4S/c16-13-8-5-6-10-11(12(8)14(17)15(13,18)19)7-3-1-2-4-9(7)20-10/h1-6,18-19H. The molecule has 4 rings (SSSR count). The number of aliphatic hydroxyl groups is 2. The van der Waals surface area contributed by atoms with Gasteiger partial charge < -0.3 is 10.2 Å². The summed E-state index contributed by atoms with van der Waals surface area (Å²) in [5, 5.41) is 20.8. The lowest BCUT2D eigenvalue weighted by Crippen LogP contribution is -2.40. The fourth-order valence-corrected chi connectivity index (χ4v) is 3.82. The molecule has 2 aromatic carbocycles. The molecule has 0 atom stereocenters. The molecule has 0 aliphatic heterocycles. The molecule has 1 aliphatic carbocycles. The van der Waals surface area contributed by atoms with Crippen LogP contribution in [0.3, 0.4) is 0 Å². The van der Waals surface area contributed by atoms with Gasteiger partial charge in [-0.15, -0.1) is 11.3 Å². The van der Waals surface area contributed by atoms with Crippen molar-refractivity contribution in [3.05, 3.63) is 47.5 Å². The van der Waals surface area contributed by atoms with Crippen molar-refractivity contribution in [2.45, 2.75) is 5.79 Å². The van der Waals surface area contributed by atoms with Gasteiger partial charge in [-0.05, 0) is 18.2 Å². The van der Waals surface area contributed by atoms with Crippen LogP contribution in [0.2, 0.25) is 0 Å². The lowest BCUT2D eigenvalue weighted by molar-refractivity contribution is -0.0856. The first kappa shape index (κ1) is 11.7. The first-order chi connectivity index (χ1) is 9.51. The predicted octanol–water partition coefficient (Wildman–Crippen LogP) is 2.11. The summed E-state index contributed by atoms with van der Waals surface area (Å²) in [5.41, 5.74) is 0.200. The number of Topliss-reactive ketones (excluding diaryl/α,β-unsaturated/α-hetero) is 2. The lowest BCUT2D eigenvalue weighted by atomic mass is 10.0. The Hall–Kier alpha value is -2.08. The molecule has 1 aliphatic rings. The van der Waals surface area contributed by atoms with Crippen molar-refractivity contribution in [1.29, 1.82) is 0 Å². The predicted molar refractivity (Wildman–Crippen MR) is 75.2 cm³/mol. The van der Waals surface area contributed by atoms with E-state index in [0.29, 0.717) is 5.39 Å². The Kier molecular flexibility index (Phi) is 2.06. The second kappa shape index (κ2) is 3.52. The van der Waals surface area contributed by atoms with Crippen LogP contribution in [-0.4, -0.2) is 27.6 Å². The first-order valence-corrected chi connectivity index (χ1v) is 6.82. The Balaban J connectivity index is 2.24. The summed E-state index contributed by atoms with van der Waals surface area (Å²) < 4.78 is 1.84. The Bertz CT molecular complexity index is 920. The van der Waals surface area contributed by atoms with E-state index >= 15 is 0 Å². The largest absolute Gasteiger partial charge is 0.353 e. The maximum absolute atomic E-state index is 12.2. The molecule has 1 aromatic heterocycles. The minimum absolute atomic E-state index is 0.0797. The summed E-state index contributed by atoms with van der Waals surface area (Å²) in [7, 11) is 0. The van der Waals surface area contributed by atoms with Gasteiger partial charge in [0.1, 0.15) is 0 Å². The zero-order valence-electron chi connectivity index (χ0n) is 10.1. The number of benzene rings is 2. The monoisotopic (exact) mass is 284 g/mol. The van der Waals surface area contributed by atoms with E-state index in [1.807, 2.05) is 24.3 Å². The van der Waals surface area contributed by atoms with Gasteiger partial charge in [0, 0.05) is 31.3 Å². The molecular formula is C15H8O4S. The third-order valence-corrected chi connectivity index (χ3v) is 4.78. The average Bonchev–Trinajstić information content (AvgIpc) is 2.89. The van der Waals surface area contributed by atoms with E-state index in [1.165, 1.54) is 17.4 Å². The molecular weight excluding hydrogens is 276 g/mol. The smallest absolute Gasteiger partial charge is 0.295 e. The molecule has 4 nitrogen and oxygen atoms in total.